The average Bonchev–Trinajstić information content (AvgIpc) is 2.46. The molecule has 0 saturated heterocycles. The number of amides is 1. The highest BCUT2D eigenvalue weighted by Crippen LogP contribution is 2.15. The molecule has 5 nitrogen and oxygen atoms in total. The molecule has 0 aliphatic heterocycles. The van der Waals surface area contributed by atoms with Gasteiger partial charge in [-0.25, -0.2) is 4.79 Å². The van der Waals surface area contributed by atoms with Crippen molar-refractivity contribution in [2.75, 3.05) is 31.6 Å². The van der Waals surface area contributed by atoms with Gasteiger partial charge in [-0.15, -0.1) is 0 Å². The molecule has 0 bridgehead atoms. The van der Waals surface area contributed by atoms with Gasteiger partial charge < -0.3 is 15.0 Å². The Morgan fingerprint density at radius 1 is 1.18 bits per heavy atom. The van der Waals surface area contributed by atoms with Gasteiger partial charge in [0.2, 0.25) is 5.91 Å². The van der Waals surface area contributed by atoms with Gasteiger partial charge in [-0.2, -0.15) is 0 Å². The van der Waals surface area contributed by atoms with Gasteiger partial charge in [0.1, 0.15) is 0 Å². The summed E-state index contributed by atoms with van der Waals surface area (Å²) in [6.07, 6.45) is 0. The van der Waals surface area contributed by atoms with Crippen LogP contribution >= 0.6 is 0 Å². The van der Waals surface area contributed by atoms with E-state index in [2.05, 4.69) is 5.32 Å². The lowest BCUT2D eigenvalue weighted by molar-refractivity contribution is -0.128. The first kappa shape index (κ1) is 18.0. The first-order valence-electron chi connectivity index (χ1n) is 7.52. The summed E-state index contributed by atoms with van der Waals surface area (Å²) in [5, 5.41) is 2.91. The van der Waals surface area contributed by atoms with E-state index < -0.39 is 0 Å². The van der Waals surface area contributed by atoms with Crippen LogP contribution in [0.1, 0.15) is 38.1 Å². The third-order valence-corrected chi connectivity index (χ3v) is 3.23. The highest BCUT2D eigenvalue weighted by atomic mass is 16.5. The second-order valence-electron chi connectivity index (χ2n) is 6.19. The number of hydrogen-bond acceptors (Lipinski definition) is 4. The zero-order valence-electron chi connectivity index (χ0n) is 14.1. The van der Waals surface area contributed by atoms with Crippen molar-refractivity contribution in [1.29, 1.82) is 0 Å². The lowest BCUT2D eigenvalue weighted by atomic mass is 9.96. The van der Waals surface area contributed by atoms with Crippen molar-refractivity contribution < 1.29 is 14.3 Å². The summed E-state index contributed by atoms with van der Waals surface area (Å²) in [5.74, 6) is -0.271. The maximum Gasteiger partial charge on any atom is 0.338 e. The molecule has 0 heterocycles. The van der Waals surface area contributed by atoms with Crippen molar-refractivity contribution in [2.24, 2.45) is 5.41 Å². The third-order valence-electron chi connectivity index (χ3n) is 3.23. The van der Waals surface area contributed by atoms with Crippen LogP contribution in [0.15, 0.2) is 24.3 Å². The molecule has 1 aromatic carbocycles. The van der Waals surface area contributed by atoms with Gasteiger partial charge >= 0.3 is 5.97 Å². The standard InChI is InChI=1S/C17H26N2O3/c1-6-22-15(20)13-7-9-14(10-8-13)19(5)12-11-18-16(21)17(2,3)4/h7-10H,6,11-12H2,1-5H3,(H,18,21). The predicted octanol–water partition coefficient (Wildman–Crippen LogP) is 2.46. The number of likely N-dealkylation sites (N-methyl/N-ethyl adjacent to an activating group) is 1. The number of nitrogens with zero attached hydrogens (tertiary/aromatic N) is 1. The number of rotatable bonds is 6. The molecule has 22 heavy (non-hydrogen) atoms. The Balaban J connectivity index is 2.51. The Hall–Kier alpha value is -2.04. The van der Waals surface area contributed by atoms with Crippen LogP contribution in [-0.4, -0.2) is 38.6 Å². The van der Waals surface area contributed by atoms with E-state index in [0.29, 0.717) is 25.3 Å². The van der Waals surface area contributed by atoms with Gasteiger partial charge in [-0.3, -0.25) is 4.79 Å². The zero-order chi connectivity index (χ0) is 16.8. The fourth-order valence-corrected chi connectivity index (χ4v) is 1.80. The second kappa shape index (κ2) is 7.82. The van der Waals surface area contributed by atoms with E-state index in [9.17, 15) is 9.59 Å². The summed E-state index contributed by atoms with van der Waals surface area (Å²) in [4.78, 5) is 25.4. The maximum atomic E-state index is 11.8. The summed E-state index contributed by atoms with van der Waals surface area (Å²) >= 11 is 0. The largest absolute Gasteiger partial charge is 0.462 e. The molecule has 0 unspecified atom stereocenters. The molecule has 0 radical (unpaired) electrons. The van der Waals surface area contributed by atoms with E-state index in [4.69, 9.17) is 4.74 Å². The van der Waals surface area contributed by atoms with Crippen LogP contribution in [0.3, 0.4) is 0 Å². The van der Waals surface area contributed by atoms with E-state index >= 15 is 0 Å². The smallest absolute Gasteiger partial charge is 0.338 e. The van der Waals surface area contributed by atoms with Crippen LogP contribution in [0.2, 0.25) is 0 Å². The van der Waals surface area contributed by atoms with Gasteiger partial charge in [-0.05, 0) is 31.2 Å². The maximum absolute atomic E-state index is 11.8. The first-order chi connectivity index (χ1) is 10.3. The number of ether oxygens (including phenoxy) is 1. The van der Waals surface area contributed by atoms with Gasteiger partial charge in [0.25, 0.3) is 0 Å². The van der Waals surface area contributed by atoms with E-state index in [1.54, 1.807) is 19.1 Å². The Morgan fingerprint density at radius 2 is 1.77 bits per heavy atom. The number of carbonyl (C=O) groups excluding carboxylic acids is 2. The molecule has 122 valence electrons. The van der Waals surface area contributed by atoms with Crippen LogP contribution in [0.5, 0.6) is 0 Å². The van der Waals surface area contributed by atoms with Crippen molar-refractivity contribution >= 4 is 17.6 Å². The molecular formula is C17H26N2O3. The van der Waals surface area contributed by atoms with Crippen LogP contribution in [0, 0.1) is 5.41 Å². The monoisotopic (exact) mass is 306 g/mol. The summed E-state index contributed by atoms with van der Waals surface area (Å²) in [7, 11) is 1.95. The molecule has 0 aliphatic carbocycles. The number of benzene rings is 1. The van der Waals surface area contributed by atoms with Gasteiger partial charge in [0, 0.05) is 31.2 Å². The Labute approximate surface area is 132 Å². The molecule has 0 spiro atoms. The zero-order valence-corrected chi connectivity index (χ0v) is 14.1. The fraction of sp³-hybridized carbons (Fsp3) is 0.529. The molecule has 1 amide bonds. The fourth-order valence-electron chi connectivity index (χ4n) is 1.80. The number of hydrogen-bond donors (Lipinski definition) is 1. The van der Waals surface area contributed by atoms with Crippen molar-refractivity contribution in [3.63, 3.8) is 0 Å². The molecule has 0 saturated carbocycles. The molecule has 1 N–H and O–H groups in total. The van der Waals surface area contributed by atoms with Gasteiger partial charge in [-0.1, -0.05) is 20.8 Å². The van der Waals surface area contributed by atoms with Crippen molar-refractivity contribution in [1.82, 2.24) is 5.32 Å². The van der Waals surface area contributed by atoms with Gasteiger partial charge in [0.05, 0.1) is 12.2 Å². The first-order valence-corrected chi connectivity index (χ1v) is 7.52. The minimum absolute atomic E-state index is 0.0403. The Bertz CT molecular complexity index is 504. The van der Waals surface area contributed by atoms with Crippen LogP contribution in [0.25, 0.3) is 0 Å². The minimum Gasteiger partial charge on any atom is -0.462 e. The minimum atomic E-state index is -0.375. The number of nitrogens with one attached hydrogen (secondary N) is 1. The lowest BCUT2D eigenvalue weighted by Crippen LogP contribution is -2.39. The SMILES string of the molecule is CCOC(=O)c1ccc(N(C)CCNC(=O)C(C)(C)C)cc1. The van der Waals surface area contributed by atoms with Crippen molar-refractivity contribution in [2.45, 2.75) is 27.7 Å². The summed E-state index contributed by atoms with van der Waals surface area (Å²) in [6.45, 7) is 9.09. The highest BCUT2D eigenvalue weighted by Gasteiger charge is 2.20. The second-order valence-corrected chi connectivity index (χ2v) is 6.19. The van der Waals surface area contributed by atoms with E-state index in [0.717, 1.165) is 5.69 Å². The van der Waals surface area contributed by atoms with Crippen molar-refractivity contribution in [3.8, 4) is 0 Å². The molecule has 5 heteroatoms. The molecule has 0 aromatic heterocycles. The normalized spacial score (nSPS) is 11.0. The lowest BCUT2D eigenvalue weighted by Gasteiger charge is -2.22. The Kier molecular flexibility index (Phi) is 6.40. The summed E-state index contributed by atoms with van der Waals surface area (Å²) in [5.41, 5.74) is 1.15. The van der Waals surface area contributed by atoms with Gasteiger partial charge in [0.15, 0.2) is 0 Å². The molecule has 0 fully saturated rings. The number of anilines is 1. The van der Waals surface area contributed by atoms with E-state index in [1.807, 2.05) is 44.9 Å². The molecule has 1 aromatic rings. The van der Waals surface area contributed by atoms with Crippen molar-refractivity contribution in [3.05, 3.63) is 29.8 Å². The molecule has 0 aliphatic rings. The highest BCUT2D eigenvalue weighted by molar-refractivity contribution is 5.89. The molecular weight excluding hydrogens is 280 g/mol. The summed E-state index contributed by atoms with van der Waals surface area (Å²) in [6, 6.07) is 7.24. The molecule has 0 atom stereocenters. The number of carbonyl (C=O) groups is 2. The predicted molar refractivity (Wildman–Crippen MR) is 88.1 cm³/mol. The number of esters is 1. The van der Waals surface area contributed by atoms with Crippen LogP contribution in [0.4, 0.5) is 5.69 Å². The van der Waals surface area contributed by atoms with E-state index in [-0.39, 0.29) is 17.3 Å². The topological polar surface area (TPSA) is 58.6 Å². The van der Waals surface area contributed by atoms with Crippen LogP contribution < -0.4 is 10.2 Å². The molecule has 1 rings (SSSR count). The average molecular weight is 306 g/mol. The van der Waals surface area contributed by atoms with E-state index in [1.165, 1.54) is 0 Å². The summed E-state index contributed by atoms with van der Waals surface area (Å²) < 4.78 is 4.95. The Morgan fingerprint density at radius 3 is 2.27 bits per heavy atom. The van der Waals surface area contributed by atoms with Crippen LogP contribution in [-0.2, 0) is 9.53 Å². The quantitative estimate of drug-likeness (QED) is 0.820. The third kappa shape index (κ3) is 5.39.